The molecule has 0 aromatic carbocycles. The van der Waals surface area contributed by atoms with Crippen molar-refractivity contribution in [2.45, 2.75) is 33.1 Å². The summed E-state index contributed by atoms with van der Waals surface area (Å²) in [6.45, 7) is 5.62. The molecule has 1 aliphatic rings. The second-order valence-corrected chi connectivity index (χ2v) is 6.30. The Morgan fingerprint density at radius 1 is 1.60 bits per heavy atom. The molecule has 0 radical (unpaired) electrons. The van der Waals surface area contributed by atoms with Gasteiger partial charge < -0.3 is 5.32 Å². The maximum atomic E-state index is 4.34. The fraction of sp³-hybridized carbons (Fsp3) is 0.750. The van der Waals surface area contributed by atoms with Crippen LogP contribution in [-0.2, 0) is 6.42 Å². The van der Waals surface area contributed by atoms with E-state index >= 15 is 0 Å². The van der Waals surface area contributed by atoms with Gasteiger partial charge in [-0.25, -0.2) is 4.98 Å². The number of hydrogen-bond donors (Lipinski definition) is 1. The largest absolute Gasteiger partial charge is 0.319 e. The van der Waals surface area contributed by atoms with Gasteiger partial charge in [-0.3, -0.25) is 0 Å². The van der Waals surface area contributed by atoms with Gasteiger partial charge in [-0.05, 0) is 44.6 Å². The lowest BCUT2D eigenvalue weighted by atomic mass is 9.81. The van der Waals surface area contributed by atoms with Crippen LogP contribution in [-0.4, -0.2) is 18.6 Å². The number of nitrogens with zero attached hydrogens (tertiary/aromatic N) is 1. The number of nitrogens with one attached hydrogen (secondary N) is 1. The molecule has 1 aliphatic carbocycles. The van der Waals surface area contributed by atoms with Crippen molar-refractivity contribution in [1.82, 2.24) is 10.3 Å². The first-order valence-electron chi connectivity index (χ1n) is 5.70. The Morgan fingerprint density at radius 2 is 2.33 bits per heavy atom. The molecule has 1 atom stereocenters. The number of rotatable bonds is 5. The van der Waals surface area contributed by atoms with Gasteiger partial charge in [-0.2, -0.15) is 0 Å². The summed E-state index contributed by atoms with van der Waals surface area (Å²) in [7, 11) is 2.05. The van der Waals surface area contributed by atoms with Crippen LogP contribution in [0.3, 0.4) is 0 Å². The van der Waals surface area contributed by atoms with Gasteiger partial charge in [0.1, 0.15) is 0 Å². The summed E-state index contributed by atoms with van der Waals surface area (Å²) in [4.78, 5) is 5.78. The average molecular weight is 224 g/mol. The fourth-order valence-electron chi connectivity index (χ4n) is 2.42. The number of aromatic nitrogens is 1. The molecule has 1 unspecified atom stereocenters. The van der Waals surface area contributed by atoms with E-state index in [4.69, 9.17) is 0 Å². The summed E-state index contributed by atoms with van der Waals surface area (Å²) in [5, 5.41) is 4.53. The molecule has 1 N–H and O–H groups in total. The van der Waals surface area contributed by atoms with E-state index in [1.807, 2.05) is 11.3 Å². The van der Waals surface area contributed by atoms with E-state index in [1.54, 1.807) is 0 Å². The van der Waals surface area contributed by atoms with Crippen LogP contribution in [0.1, 0.15) is 29.7 Å². The Hall–Kier alpha value is -0.410. The molecule has 1 aromatic heterocycles. The van der Waals surface area contributed by atoms with Crippen molar-refractivity contribution in [1.29, 1.82) is 0 Å². The molecule has 2 rings (SSSR count). The molecule has 1 heterocycles. The first-order chi connectivity index (χ1) is 7.14. The lowest BCUT2D eigenvalue weighted by Gasteiger charge is -2.28. The van der Waals surface area contributed by atoms with Crippen molar-refractivity contribution in [3.63, 3.8) is 0 Å². The average Bonchev–Trinajstić information content (AvgIpc) is 2.93. The van der Waals surface area contributed by atoms with Crippen LogP contribution < -0.4 is 5.32 Å². The maximum Gasteiger partial charge on any atom is 0.0896 e. The van der Waals surface area contributed by atoms with Crippen LogP contribution in [0.25, 0.3) is 0 Å². The minimum absolute atomic E-state index is 0.438. The minimum atomic E-state index is 0.438. The van der Waals surface area contributed by atoms with Crippen LogP contribution in [0.4, 0.5) is 0 Å². The zero-order chi connectivity index (χ0) is 10.9. The standard InChI is InChI=1S/C12H20N2S/c1-9-14-7-11(15-9)6-12(2,8-13-3)10-4-5-10/h7,10,13H,4-6,8H2,1-3H3. The zero-order valence-electron chi connectivity index (χ0n) is 9.84. The minimum Gasteiger partial charge on any atom is -0.319 e. The summed E-state index contributed by atoms with van der Waals surface area (Å²) in [5.41, 5.74) is 0.438. The van der Waals surface area contributed by atoms with E-state index in [1.165, 1.54) is 29.1 Å². The van der Waals surface area contributed by atoms with Gasteiger partial charge in [0.25, 0.3) is 0 Å². The van der Waals surface area contributed by atoms with Crippen LogP contribution in [0.15, 0.2) is 6.20 Å². The monoisotopic (exact) mass is 224 g/mol. The topological polar surface area (TPSA) is 24.9 Å². The Morgan fingerprint density at radius 3 is 2.80 bits per heavy atom. The molecule has 1 aromatic rings. The van der Waals surface area contributed by atoms with Crippen molar-refractivity contribution in [2.75, 3.05) is 13.6 Å². The van der Waals surface area contributed by atoms with Crippen molar-refractivity contribution in [3.05, 3.63) is 16.1 Å². The van der Waals surface area contributed by atoms with Gasteiger partial charge in [0, 0.05) is 17.6 Å². The third kappa shape index (κ3) is 2.58. The fourth-order valence-corrected chi connectivity index (χ4v) is 3.41. The highest BCUT2D eigenvalue weighted by atomic mass is 32.1. The van der Waals surface area contributed by atoms with Crippen LogP contribution >= 0.6 is 11.3 Å². The van der Waals surface area contributed by atoms with Crippen LogP contribution in [0.5, 0.6) is 0 Å². The van der Waals surface area contributed by atoms with E-state index in [0.29, 0.717) is 5.41 Å². The van der Waals surface area contributed by atoms with Crippen molar-refractivity contribution in [3.8, 4) is 0 Å². The SMILES string of the molecule is CNCC(C)(Cc1cnc(C)s1)C1CC1. The van der Waals surface area contributed by atoms with E-state index in [2.05, 4.69) is 37.4 Å². The molecule has 0 saturated heterocycles. The van der Waals surface area contributed by atoms with Crippen LogP contribution in [0, 0.1) is 18.3 Å². The molecular formula is C12H20N2S. The first-order valence-corrected chi connectivity index (χ1v) is 6.51. The highest BCUT2D eigenvalue weighted by Crippen LogP contribution is 2.47. The molecular weight excluding hydrogens is 204 g/mol. The molecule has 3 heteroatoms. The quantitative estimate of drug-likeness (QED) is 0.831. The van der Waals surface area contributed by atoms with E-state index in [0.717, 1.165) is 12.5 Å². The summed E-state index contributed by atoms with van der Waals surface area (Å²) in [6.07, 6.45) is 6.06. The predicted octanol–water partition coefficient (Wildman–Crippen LogP) is 2.63. The molecule has 84 valence electrons. The maximum absolute atomic E-state index is 4.34. The van der Waals surface area contributed by atoms with Gasteiger partial charge in [-0.15, -0.1) is 11.3 Å². The highest BCUT2D eigenvalue weighted by Gasteiger charge is 2.41. The predicted molar refractivity (Wildman–Crippen MR) is 65.3 cm³/mol. The Bertz CT molecular complexity index is 330. The Balaban J connectivity index is 2.06. The van der Waals surface area contributed by atoms with Gasteiger partial charge in [0.15, 0.2) is 0 Å². The molecule has 1 fully saturated rings. The normalized spacial score (nSPS) is 20.2. The third-order valence-electron chi connectivity index (χ3n) is 3.39. The van der Waals surface area contributed by atoms with E-state index in [-0.39, 0.29) is 0 Å². The third-order valence-corrected chi connectivity index (χ3v) is 4.30. The van der Waals surface area contributed by atoms with Crippen molar-refractivity contribution < 1.29 is 0 Å². The smallest absolute Gasteiger partial charge is 0.0896 e. The highest BCUT2D eigenvalue weighted by molar-refractivity contribution is 7.11. The Labute approximate surface area is 96.1 Å². The summed E-state index contributed by atoms with van der Waals surface area (Å²) in [5.74, 6) is 0.923. The van der Waals surface area contributed by atoms with Crippen molar-refractivity contribution in [2.24, 2.45) is 11.3 Å². The molecule has 2 nitrogen and oxygen atoms in total. The number of thiazole rings is 1. The number of aryl methyl sites for hydroxylation is 1. The first kappa shape index (κ1) is 11.1. The summed E-state index contributed by atoms with van der Waals surface area (Å²) < 4.78 is 0. The zero-order valence-corrected chi connectivity index (χ0v) is 10.7. The van der Waals surface area contributed by atoms with E-state index in [9.17, 15) is 0 Å². The second kappa shape index (κ2) is 4.22. The molecule has 1 saturated carbocycles. The lowest BCUT2D eigenvalue weighted by molar-refractivity contribution is 0.264. The van der Waals surface area contributed by atoms with E-state index < -0.39 is 0 Å². The molecule has 0 aliphatic heterocycles. The Kier molecular flexibility index (Phi) is 3.12. The summed E-state index contributed by atoms with van der Waals surface area (Å²) >= 11 is 1.85. The van der Waals surface area contributed by atoms with Gasteiger partial charge in [-0.1, -0.05) is 6.92 Å². The molecule has 0 spiro atoms. The van der Waals surface area contributed by atoms with Gasteiger partial charge >= 0.3 is 0 Å². The molecule has 0 bridgehead atoms. The van der Waals surface area contributed by atoms with Crippen LogP contribution in [0.2, 0.25) is 0 Å². The second-order valence-electron chi connectivity index (χ2n) is 4.98. The summed E-state index contributed by atoms with van der Waals surface area (Å²) in [6, 6.07) is 0. The molecule has 15 heavy (non-hydrogen) atoms. The number of hydrogen-bond acceptors (Lipinski definition) is 3. The van der Waals surface area contributed by atoms with Gasteiger partial charge in [0.05, 0.1) is 5.01 Å². The molecule has 0 amide bonds. The van der Waals surface area contributed by atoms with Gasteiger partial charge in [0.2, 0.25) is 0 Å². The van der Waals surface area contributed by atoms with Crippen molar-refractivity contribution >= 4 is 11.3 Å². The lowest BCUT2D eigenvalue weighted by Crippen LogP contribution is -2.33.